The van der Waals surface area contributed by atoms with E-state index in [1.807, 2.05) is 34.0 Å². The van der Waals surface area contributed by atoms with Crippen molar-refractivity contribution in [2.45, 2.75) is 31.3 Å². The predicted molar refractivity (Wildman–Crippen MR) is 106 cm³/mol. The first kappa shape index (κ1) is 18.2. The molecule has 2 N–H and O–H groups in total. The number of thioether (sulfide) groups is 1. The first-order valence-electron chi connectivity index (χ1n) is 9.09. The van der Waals surface area contributed by atoms with Crippen LogP contribution in [0.15, 0.2) is 35.5 Å². The van der Waals surface area contributed by atoms with E-state index in [0.29, 0.717) is 5.78 Å². The van der Waals surface area contributed by atoms with E-state index < -0.39 is 0 Å². The summed E-state index contributed by atoms with van der Waals surface area (Å²) < 4.78 is 8.02. The monoisotopic (exact) mass is 385 g/mol. The van der Waals surface area contributed by atoms with Crippen molar-refractivity contribution < 1.29 is 10.1 Å². The van der Waals surface area contributed by atoms with Crippen LogP contribution < -0.4 is 10.2 Å². The average Bonchev–Trinajstić information content (AvgIpc) is 3.27. The molecule has 1 fully saturated rings. The molecule has 1 aliphatic heterocycles. The maximum Gasteiger partial charge on any atom is 0.253 e. The number of rotatable bonds is 5. The molecule has 7 nitrogen and oxygen atoms in total. The zero-order chi connectivity index (χ0) is 19.0. The third-order valence-electron chi connectivity index (χ3n) is 4.69. The molecule has 0 aliphatic carbocycles. The highest BCUT2D eigenvalue weighted by molar-refractivity contribution is 7.99. The van der Waals surface area contributed by atoms with Crippen molar-refractivity contribution >= 4 is 23.2 Å². The summed E-state index contributed by atoms with van der Waals surface area (Å²) in [7, 11) is 4.10. The van der Waals surface area contributed by atoms with Gasteiger partial charge >= 0.3 is 0 Å². The molecule has 1 aromatic carbocycles. The standard InChI is InChI=1S/C19H24N6OS/c1-12-9-13(2)25-18(21-12)22-19(23-25)27-11-16-10-20-17(26-16)14-5-7-15(8-6-14)24(3)4/h5-9,16-17,20H,10-11H2,1-4H3/p+1/t16-,17-/m0/s1. The van der Waals surface area contributed by atoms with Crippen molar-refractivity contribution in [3.8, 4) is 0 Å². The van der Waals surface area contributed by atoms with Crippen LogP contribution in [0.1, 0.15) is 23.2 Å². The van der Waals surface area contributed by atoms with Gasteiger partial charge in [0.1, 0.15) is 12.6 Å². The van der Waals surface area contributed by atoms with Gasteiger partial charge in [-0.3, -0.25) is 0 Å². The number of hydrogen-bond acceptors (Lipinski definition) is 6. The molecule has 0 amide bonds. The lowest BCUT2D eigenvalue weighted by molar-refractivity contribution is -0.697. The maximum absolute atomic E-state index is 6.22. The summed E-state index contributed by atoms with van der Waals surface area (Å²) >= 11 is 1.63. The molecular formula is C19H25N6OS+. The van der Waals surface area contributed by atoms with Crippen LogP contribution in [0.4, 0.5) is 5.69 Å². The number of anilines is 1. The minimum absolute atomic E-state index is 0.0624. The molecule has 4 rings (SSSR count). The van der Waals surface area contributed by atoms with E-state index in [-0.39, 0.29) is 12.3 Å². The topological polar surface area (TPSA) is 72.2 Å². The van der Waals surface area contributed by atoms with Crippen LogP contribution in [-0.4, -0.2) is 52.1 Å². The predicted octanol–water partition coefficient (Wildman–Crippen LogP) is 1.56. The number of ether oxygens (including phenoxy) is 1. The van der Waals surface area contributed by atoms with E-state index in [1.165, 1.54) is 11.3 Å². The van der Waals surface area contributed by atoms with Gasteiger partial charge in [-0.25, -0.2) is 9.50 Å². The van der Waals surface area contributed by atoms with E-state index in [2.05, 4.69) is 49.5 Å². The summed E-state index contributed by atoms with van der Waals surface area (Å²) in [6.07, 6.45) is 0.239. The Hall–Kier alpha value is -2.16. The molecule has 0 spiro atoms. The number of nitrogens with zero attached hydrogens (tertiary/aromatic N) is 5. The number of nitrogens with two attached hydrogens (primary N) is 1. The fraction of sp³-hybridized carbons (Fsp3) is 0.421. The number of benzene rings is 1. The Morgan fingerprint density at radius 2 is 2.00 bits per heavy atom. The Morgan fingerprint density at radius 1 is 1.22 bits per heavy atom. The van der Waals surface area contributed by atoms with Crippen LogP contribution in [0.3, 0.4) is 0 Å². The van der Waals surface area contributed by atoms with Gasteiger partial charge in [-0.2, -0.15) is 4.98 Å². The van der Waals surface area contributed by atoms with Crippen LogP contribution >= 0.6 is 11.8 Å². The molecule has 2 aromatic heterocycles. The van der Waals surface area contributed by atoms with Crippen LogP contribution in [-0.2, 0) is 4.74 Å². The van der Waals surface area contributed by atoms with Crippen molar-refractivity contribution in [3.63, 3.8) is 0 Å². The first-order chi connectivity index (χ1) is 13.0. The Bertz CT molecular complexity index is 939. The molecule has 142 valence electrons. The fourth-order valence-corrected chi connectivity index (χ4v) is 4.09. The molecule has 8 heteroatoms. The van der Waals surface area contributed by atoms with E-state index in [4.69, 9.17) is 4.74 Å². The molecule has 0 unspecified atom stereocenters. The number of hydrogen-bond donors (Lipinski definition) is 1. The third kappa shape index (κ3) is 3.92. The number of aromatic nitrogens is 4. The summed E-state index contributed by atoms with van der Waals surface area (Å²) in [5, 5.41) is 7.55. The van der Waals surface area contributed by atoms with Crippen molar-refractivity contribution in [2.75, 3.05) is 31.3 Å². The van der Waals surface area contributed by atoms with Crippen molar-refractivity contribution in [1.82, 2.24) is 19.6 Å². The van der Waals surface area contributed by atoms with Gasteiger partial charge in [0.15, 0.2) is 0 Å². The minimum atomic E-state index is 0.0624. The molecule has 1 saturated heterocycles. The molecule has 0 saturated carbocycles. The van der Waals surface area contributed by atoms with Gasteiger partial charge in [-0.1, -0.05) is 11.8 Å². The summed E-state index contributed by atoms with van der Waals surface area (Å²) in [4.78, 5) is 11.1. The highest BCUT2D eigenvalue weighted by atomic mass is 32.2. The molecule has 3 aromatic rings. The maximum atomic E-state index is 6.22. The second-order valence-electron chi connectivity index (χ2n) is 7.09. The second-order valence-corrected chi connectivity index (χ2v) is 8.08. The normalized spacial score (nSPS) is 19.7. The molecule has 0 bridgehead atoms. The van der Waals surface area contributed by atoms with Gasteiger partial charge < -0.3 is 15.0 Å². The van der Waals surface area contributed by atoms with Crippen LogP contribution in [0.5, 0.6) is 0 Å². The van der Waals surface area contributed by atoms with Gasteiger partial charge in [-0.15, -0.1) is 5.10 Å². The summed E-state index contributed by atoms with van der Waals surface area (Å²) in [6.45, 7) is 4.94. The third-order valence-corrected chi connectivity index (χ3v) is 5.66. The van der Waals surface area contributed by atoms with Gasteiger partial charge in [0.05, 0.1) is 0 Å². The molecular weight excluding hydrogens is 360 g/mol. The highest BCUT2D eigenvalue weighted by Gasteiger charge is 2.30. The Morgan fingerprint density at radius 3 is 2.74 bits per heavy atom. The Labute approximate surface area is 163 Å². The van der Waals surface area contributed by atoms with Crippen molar-refractivity contribution in [1.29, 1.82) is 0 Å². The van der Waals surface area contributed by atoms with E-state index in [9.17, 15) is 0 Å². The molecule has 0 radical (unpaired) electrons. The highest BCUT2D eigenvalue weighted by Crippen LogP contribution is 2.23. The van der Waals surface area contributed by atoms with Crippen LogP contribution in [0, 0.1) is 13.8 Å². The lowest BCUT2D eigenvalue weighted by Crippen LogP contribution is -2.82. The average molecular weight is 386 g/mol. The smallest absolute Gasteiger partial charge is 0.253 e. The van der Waals surface area contributed by atoms with Gasteiger partial charge in [-0.05, 0) is 44.2 Å². The largest absolute Gasteiger partial charge is 0.378 e. The molecule has 1 aliphatic rings. The summed E-state index contributed by atoms with van der Waals surface area (Å²) in [5.41, 5.74) is 4.40. The van der Waals surface area contributed by atoms with E-state index in [1.54, 1.807) is 16.3 Å². The van der Waals surface area contributed by atoms with Crippen LogP contribution in [0.2, 0.25) is 0 Å². The van der Waals surface area contributed by atoms with Crippen molar-refractivity contribution in [2.24, 2.45) is 0 Å². The quantitative estimate of drug-likeness (QED) is 0.672. The zero-order valence-corrected chi connectivity index (χ0v) is 16.9. The number of quaternary nitrogens is 1. The fourth-order valence-electron chi connectivity index (χ4n) is 3.25. The van der Waals surface area contributed by atoms with Gasteiger partial charge in [0.2, 0.25) is 11.4 Å². The Balaban J connectivity index is 1.37. The molecule has 3 heterocycles. The first-order valence-corrected chi connectivity index (χ1v) is 10.1. The van der Waals surface area contributed by atoms with Crippen LogP contribution in [0.25, 0.3) is 5.78 Å². The molecule has 27 heavy (non-hydrogen) atoms. The lowest BCUT2D eigenvalue weighted by Gasteiger charge is -2.14. The number of fused-ring (bicyclic) bond motifs is 1. The minimum Gasteiger partial charge on any atom is -0.378 e. The van der Waals surface area contributed by atoms with Gasteiger partial charge in [0.25, 0.3) is 5.78 Å². The van der Waals surface area contributed by atoms with Crippen molar-refractivity contribution in [3.05, 3.63) is 47.3 Å². The van der Waals surface area contributed by atoms with Gasteiger partial charge in [0, 0.05) is 42.5 Å². The lowest BCUT2D eigenvalue weighted by atomic mass is 10.2. The SMILES string of the molecule is Cc1cc(C)n2nc(SC[C@@H]3C[NH2+][C@H](c4ccc(N(C)C)cc4)O3)nc2n1. The summed E-state index contributed by atoms with van der Waals surface area (Å²) in [5.74, 6) is 1.49. The second kappa shape index (κ2) is 7.46. The van der Waals surface area contributed by atoms with E-state index >= 15 is 0 Å². The Kier molecular flexibility index (Phi) is 5.03. The van der Waals surface area contributed by atoms with E-state index in [0.717, 1.165) is 28.8 Å². The zero-order valence-electron chi connectivity index (χ0n) is 16.1. The number of aryl methyl sites for hydroxylation is 2. The molecule has 2 atom stereocenters. The summed E-state index contributed by atoms with van der Waals surface area (Å²) in [6, 6.07) is 10.6.